The number of carbonyl (C=O) groups excluding carboxylic acids is 1. The molecule has 1 atom stereocenters. The lowest BCUT2D eigenvalue weighted by Gasteiger charge is -2.24. The van der Waals surface area contributed by atoms with Crippen LogP contribution in [0.4, 0.5) is 0 Å². The lowest BCUT2D eigenvalue weighted by Crippen LogP contribution is -2.39. The number of amides is 1. The minimum absolute atomic E-state index is 0.0112. The van der Waals surface area contributed by atoms with Crippen LogP contribution in [0.1, 0.15) is 37.7 Å². The molecule has 0 fully saturated rings. The van der Waals surface area contributed by atoms with Crippen LogP contribution in [0.15, 0.2) is 40.9 Å². The van der Waals surface area contributed by atoms with E-state index in [9.17, 15) is 9.90 Å². The SMILES string of the molecule is CC(C)(C)CC(CO)NC(=O)c1cc(-c2ccccc2)no1. The van der Waals surface area contributed by atoms with Crippen LogP contribution in [0.2, 0.25) is 0 Å². The van der Waals surface area contributed by atoms with Crippen LogP contribution in [-0.4, -0.2) is 28.8 Å². The van der Waals surface area contributed by atoms with Gasteiger partial charge < -0.3 is 14.9 Å². The number of aromatic nitrogens is 1. The molecule has 2 aromatic rings. The molecule has 5 heteroatoms. The fourth-order valence-electron chi connectivity index (χ4n) is 2.28. The number of rotatable bonds is 5. The van der Waals surface area contributed by atoms with Gasteiger partial charge in [-0.2, -0.15) is 0 Å². The predicted octanol–water partition coefficient (Wildman–Crippen LogP) is 2.87. The Morgan fingerprint density at radius 2 is 2.00 bits per heavy atom. The van der Waals surface area contributed by atoms with Gasteiger partial charge in [0, 0.05) is 11.6 Å². The minimum Gasteiger partial charge on any atom is -0.394 e. The summed E-state index contributed by atoms with van der Waals surface area (Å²) in [7, 11) is 0. The summed E-state index contributed by atoms with van der Waals surface area (Å²) in [6, 6.07) is 10.8. The Morgan fingerprint density at radius 1 is 1.32 bits per heavy atom. The van der Waals surface area contributed by atoms with Gasteiger partial charge in [-0.1, -0.05) is 56.3 Å². The van der Waals surface area contributed by atoms with Crippen LogP contribution >= 0.6 is 0 Å². The van der Waals surface area contributed by atoms with E-state index in [-0.39, 0.29) is 29.7 Å². The third-order valence-electron chi connectivity index (χ3n) is 3.22. The summed E-state index contributed by atoms with van der Waals surface area (Å²) in [5, 5.41) is 16.1. The second-order valence-corrected chi connectivity index (χ2v) is 6.56. The number of carbonyl (C=O) groups is 1. The zero-order valence-electron chi connectivity index (χ0n) is 13.2. The average Bonchev–Trinajstić information content (AvgIpc) is 2.96. The van der Waals surface area contributed by atoms with Crippen LogP contribution < -0.4 is 5.32 Å². The zero-order valence-corrected chi connectivity index (χ0v) is 13.2. The van der Waals surface area contributed by atoms with Crippen LogP contribution in [0.25, 0.3) is 11.3 Å². The molecule has 0 aliphatic heterocycles. The van der Waals surface area contributed by atoms with Crippen molar-refractivity contribution in [1.29, 1.82) is 0 Å². The highest BCUT2D eigenvalue weighted by atomic mass is 16.5. The third-order valence-corrected chi connectivity index (χ3v) is 3.22. The molecule has 2 rings (SSSR count). The molecule has 1 aromatic heterocycles. The quantitative estimate of drug-likeness (QED) is 0.890. The summed E-state index contributed by atoms with van der Waals surface area (Å²) < 4.78 is 5.11. The van der Waals surface area contributed by atoms with Gasteiger partial charge in [0.1, 0.15) is 5.69 Å². The maximum absolute atomic E-state index is 12.2. The fraction of sp³-hybridized carbons (Fsp3) is 0.412. The van der Waals surface area contributed by atoms with Gasteiger partial charge in [0.2, 0.25) is 5.76 Å². The van der Waals surface area contributed by atoms with Crippen molar-refractivity contribution in [3.8, 4) is 11.3 Å². The molecule has 0 aliphatic rings. The van der Waals surface area contributed by atoms with Crippen molar-refractivity contribution in [1.82, 2.24) is 10.5 Å². The first-order chi connectivity index (χ1) is 10.4. The van der Waals surface area contributed by atoms with Crippen molar-refractivity contribution >= 4 is 5.91 Å². The van der Waals surface area contributed by atoms with Crippen LogP contribution in [0.3, 0.4) is 0 Å². The van der Waals surface area contributed by atoms with E-state index in [0.717, 1.165) is 5.56 Å². The molecule has 0 saturated heterocycles. The highest BCUT2D eigenvalue weighted by Gasteiger charge is 2.22. The summed E-state index contributed by atoms with van der Waals surface area (Å²) in [5.74, 6) is -0.218. The normalized spacial score (nSPS) is 12.9. The Balaban J connectivity index is 2.06. The van der Waals surface area contributed by atoms with Crippen molar-refractivity contribution in [3.63, 3.8) is 0 Å². The number of nitrogens with zero attached hydrogens (tertiary/aromatic N) is 1. The number of aliphatic hydroxyl groups excluding tert-OH is 1. The number of nitrogens with one attached hydrogen (secondary N) is 1. The molecule has 5 nitrogen and oxygen atoms in total. The molecule has 0 saturated carbocycles. The van der Waals surface area contributed by atoms with Gasteiger partial charge in [0.05, 0.1) is 12.6 Å². The molecule has 1 amide bonds. The van der Waals surface area contributed by atoms with Crippen molar-refractivity contribution in [2.45, 2.75) is 33.2 Å². The van der Waals surface area contributed by atoms with Gasteiger partial charge in [-0.05, 0) is 11.8 Å². The summed E-state index contributed by atoms with van der Waals surface area (Å²) >= 11 is 0. The van der Waals surface area contributed by atoms with Gasteiger partial charge in [0.15, 0.2) is 0 Å². The maximum Gasteiger partial charge on any atom is 0.290 e. The number of benzene rings is 1. The second kappa shape index (κ2) is 6.75. The van der Waals surface area contributed by atoms with E-state index in [4.69, 9.17) is 4.52 Å². The molecular formula is C17H22N2O3. The van der Waals surface area contributed by atoms with E-state index >= 15 is 0 Å². The van der Waals surface area contributed by atoms with Crippen molar-refractivity contribution < 1.29 is 14.4 Å². The highest BCUT2D eigenvalue weighted by molar-refractivity contribution is 5.92. The topological polar surface area (TPSA) is 75.4 Å². The molecule has 1 unspecified atom stereocenters. The Hall–Kier alpha value is -2.14. The standard InChI is InChI=1S/C17H22N2O3/c1-17(2,3)10-13(11-20)18-16(21)15-9-14(19-22-15)12-7-5-4-6-8-12/h4-9,13,20H,10-11H2,1-3H3,(H,18,21). The van der Waals surface area contributed by atoms with E-state index in [1.54, 1.807) is 6.07 Å². The van der Waals surface area contributed by atoms with Gasteiger partial charge in [0.25, 0.3) is 5.91 Å². The van der Waals surface area contributed by atoms with Gasteiger partial charge in [-0.25, -0.2) is 0 Å². The van der Waals surface area contributed by atoms with Gasteiger partial charge >= 0.3 is 0 Å². The van der Waals surface area contributed by atoms with Crippen LogP contribution in [0.5, 0.6) is 0 Å². The number of hydrogen-bond acceptors (Lipinski definition) is 4. The Labute approximate surface area is 130 Å². The Morgan fingerprint density at radius 3 is 2.59 bits per heavy atom. The Kier molecular flexibility index (Phi) is 4.98. The zero-order chi connectivity index (χ0) is 16.2. The molecule has 0 aliphatic carbocycles. The van der Waals surface area contributed by atoms with E-state index in [1.807, 2.05) is 30.3 Å². The molecule has 1 heterocycles. The number of aliphatic hydroxyl groups is 1. The second-order valence-electron chi connectivity index (χ2n) is 6.56. The molecule has 0 radical (unpaired) electrons. The Bertz CT molecular complexity index is 614. The first kappa shape index (κ1) is 16.2. The summed E-state index contributed by atoms with van der Waals surface area (Å²) in [6.07, 6.45) is 0.676. The first-order valence-corrected chi connectivity index (χ1v) is 7.33. The summed E-state index contributed by atoms with van der Waals surface area (Å²) in [6.45, 7) is 6.07. The van der Waals surface area contributed by atoms with E-state index in [0.29, 0.717) is 12.1 Å². The van der Waals surface area contributed by atoms with E-state index < -0.39 is 0 Å². The van der Waals surface area contributed by atoms with Crippen molar-refractivity contribution in [2.24, 2.45) is 5.41 Å². The molecular weight excluding hydrogens is 280 g/mol. The minimum atomic E-state index is -0.363. The molecule has 118 valence electrons. The molecule has 0 bridgehead atoms. The summed E-state index contributed by atoms with van der Waals surface area (Å²) in [5.41, 5.74) is 1.51. The fourth-order valence-corrected chi connectivity index (χ4v) is 2.28. The monoisotopic (exact) mass is 302 g/mol. The van der Waals surface area contributed by atoms with E-state index in [2.05, 4.69) is 31.2 Å². The summed E-state index contributed by atoms with van der Waals surface area (Å²) in [4.78, 5) is 12.2. The van der Waals surface area contributed by atoms with Gasteiger partial charge in [-0.3, -0.25) is 4.79 Å². The van der Waals surface area contributed by atoms with E-state index in [1.165, 1.54) is 0 Å². The third kappa shape index (κ3) is 4.43. The lowest BCUT2D eigenvalue weighted by molar-refractivity contribution is 0.0861. The smallest absolute Gasteiger partial charge is 0.290 e. The predicted molar refractivity (Wildman–Crippen MR) is 84.4 cm³/mol. The lowest BCUT2D eigenvalue weighted by atomic mass is 9.88. The van der Waals surface area contributed by atoms with Crippen molar-refractivity contribution in [3.05, 3.63) is 42.2 Å². The highest BCUT2D eigenvalue weighted by Crippen LogP contribution is 2.21. The molecule has 0 spiro atoms. The molecule has 2 N–H and O–H groups in total. The number of hydrogen-bond donors (Lipinski definition) is 2. The average molecular weight is 302 g/mol. The first-order valence-electron chi connectivity index (χ1n) is 7.33. The molecule has 22 heavy (non-hydrogen) atoms. The van der Waals surface area contributed by atoms with Crippen LogP contribution in [-0.2, 0) is 0 Å². The van der Waals surface area contributed by atoms with Crippen molar-refractivity contribution in [2.75, 3.05) is 6.61 Å². The molecule has 1 aromatic carbocycles. The van der Waals surface area contributed by atoms with Gasteiger partial charge in [-0.15, -0.1) is 0 Å². The maximum atomic E-state index is 12.2. The largest absolute Gasteiger partial charge is 0.394 e. The van der Waals surface area contributed by atoms with Crippen LogP contribution in [0, 0.1) is 5.41 Å².